The fraction of sp³-hybridized carbons (Fsp3) is 0.273. The maximum absolute atomic E-state index is 11.5. The molecule has 0 radical (unpaired) electrons. The highest BCUT2D eigenvalue weighted by atomic mass is 16.5. The molecular formula is C11H15N3O3. The monoisotopic (exact) mass is 237 g/mol. The highest BCUT2D eigenvalue weighted by Crippen LogP contribution is 2.18. The number of ether oxygens (including phenoxy) is 1. The van der Waals surface area contributed by atoms with E-state index in [1.165, 1.54) is 6.07 Å². The normalized spacial score (nSPS) is 9.71. The predicted molar refractivity (Wildman–Crippen MR) is 64.5 cm³/mol. The summed E-state index contributed by atoms with van der Waals surface area (Å²) in [5, 5.41) is 2.77. The van der Waals surface area contributed by atoms with Crippen molar-refractivity contribution < 1.29 is 14.3 Å². The van der Waals surface area contributed by atoms with E-state index in [4.69, 9.17) is 16.2 Å². The van der Waals surface area contributed by atoms with E-state index in [0.717, 1.165) is 0 Å². The van der Waals surface area contributed by atoms with Crippen molar-refractivity contribution in [2.75, 3.05) is 24.2 Å². The lowest BCUT2D eigenvalue weighted by Gasteiger charge is -2.09. The number of amides is 1. The molecule has 0 spiro atoms. The predicted octanol–water partition coefficient (Wildman–Crippen LogP) is 0.343. The molecule has 0 aromatic heterocycles. The van der Waals surface area contributed by atoms with Crippen LogP contribution in [0.3, 0.4) is 0 Å². The van der Waals surface area contributed by atoms with E-state index >= 15 is 0 Å². The van der Waals surface area contributed by atoms with Crippen molar-refractivity contribution in [1.82, 2.24) is 0 Å². The van der Waals surface area contributed by atoms with Gasteiger partial charge in [-0.2, -0.15) is 0 Å². The number of esters is 1. The van der Waals surface area contributed by atoms with Gasteiger partial charge in [0.1, 0.15) is 0 Å². The van der Waals surface area contributed by atoms with Crippen molar-refractivity contribution in [3.05, 3.63) is 23.8 Å². The fourth-order valence-electron chi connectivity index (χ4n) is 1.24. The summed E-state index contributed by atoms with van der Waals surface area (Å²) in [5.41, 5.74) is 11.8. The molecule has 0 saturated heterocycles. The fourth-order valence-corrected chi connectivity index (χ4v) is 1.24. The number of rotatable bonds is 5. The summed E-state index contributed by atoms with van der Waals surface area (Å²) in [6.45, 7) is 1.98. The highest BCUT2D eigenvalue weighted by Gasteiger charge is 2.11. The SMILES string of the molecule is CCOC(=O)c1cc(NCC(N)=O)ccc1N. The van der Waals surface area contributed by atoms with Crippen LogP contribution in [-0.2, 0) is 9.53 Å². The van der Waals surface area contributed by atoms with Gasteiger partial charge in [-0.25, -0.2) is 4.79 Å². The second-order valence-corrected chi connectivity index (χ2v) is 3.34. The number of primary amides is 1. The Kier molecular flexibility index (Phi) is 4.33. The second-order valence-electron chi connectivity index (χ2n) is 3.34. The first-order valence-corrected chi connectivity index (χ1v) is 5.13. The Balaban J connectivity index is 2.86. The van der Waals surface area contributed by atoms with Crippen LogP contribution in [0, 0.1) is 0 Å². The second kappa shape index (κ2) is 5.74. The molecule has 0 bridgehead atoms. The third-order valence-electron chi connectivity index (χ3n) is 2.02. The third kappa shape index (κ3) is 3.67. The van der Waals surface area contributed by atoms with Crippen LogP contribution in [-0.4, -0.2) is 25.0 Å². The van der Waals surface area contributed by atoms with Crippen molar-refractivity contribution in [2.45, 2.75) is 6.92 Å². The van der Waals surface area contributed by atoms with Crippen LogP contribution in [0.4, 0.5) is 11.4 Å². The lowest BCUT2D eigenvalue weighted by Crippen LogP contribution is -2.22. The van der Waals surface area contributed by atoms with Crippen LogP contribution in [0.15, 0.2) is 18.2 Å². The van der Waals surface area contributed by atoms with Gasteiger partial charge in [-0.1, -0.05) is 0 Å². The summed E-state index contributed by atoms with van der Waals surface area (Å²) in [5.74, 6) is -0.979. The first-order valence-electron chi connectivity index (χ1n) is 5.13. The van der Waals surface area contributed by atoms with Crippen LogP contribution in [0.1, 0.15) is 17.3 Å². The van der Waals surface area contributed by atoms with E-state index in [2.05, 4.69) is 5.32 Å². The Morgan fingerprint density at radius 3 is 2.71 bits per heavy atom. The molecule has 0 atom stereocenters. The summed E-state index contributed by atoms with van der Waals surface area (Å²) < 4.78 is 4.85. The summed E-state index contributed by atoms with van der Waals surface area (Å²) >= 11 is 0. The number of carbonyl (C=O) groups excluding carboxylic acids is 2. The number of hydrogen-bond acceptors (Lipinski definition) is 5. The van der Waals surface area contributed by atoms with Gasteiger partial charge in [-0.15, -0.1) is 0 Å². The Morgan fingerprint density at radius 1 is 1.41 bits per heavy atom. The minimum absolute atomic E-state index is 0.00775. The van der Waals surface area contributed by atoms with Gasteiger partial charge in [-0.3, -0.25) is 4.79 Å². The number of hydrogen-bond donors (Lipinski definition) is 3. The van der Waals surface area contributed by atoms with Gasteiger partial charge in [0.25, 0.3) is 0 Å². The first kappa shape index (κ1) is 12.8. The van der Waals surface area contributed by atoms with Crippen LogP contribution >= 0.6 is 0 Å². The van der Waals surface area contributed by atoms with Crippen LogP contribution < -0.4 is 16.8 Å². The van der Waals surface area contributed by atoms with Gasteiger partial charge in [-0.05, 0) is 25.1 Å². The topological polar surface area (TPSA) is 107 Å². The van der Waals surface area contributed by atoms with E-state index in [-0.39, 0.29) is 18.7 Å². The van der Waals surface area contributed by atoms with Gasteiger partial charge >= 0.3 is 5.97 Å². The van der Waals surface area contributed by atoms with Crippen LogP contribution in [0.5, 0.6) is 0 Å². The molecule has 6 nitrogen and oxygen atoms in total. The number of carbonyl (C=O) groups is 2. The molecule has 1 amide bonds. The van der Waals surface area contributed by atoms with Gasteiger partial charge in [0.2, 0.25) is 5.91 Å². The molecule has 1 aromatic rings. The minimum Gasteiger partial charge on any atom is -0.462 e. The maximum Gasteiger partial charge on any atom is 0.340 e. The van der Waals surface area contributed by atoms with Crippen LogP contribution in [0.2, 0.25) is 0 Å². The molecule has 0 heterocycles. The zero-order valence-corrected chi connectivity index (χ0v) is 9.53. The smallest absolute Gasteiger partial charge is 0.340 e. The number of benzene rings is 1. The van der Waals surface area contributed by atoms with Gasteiger partial charge < -0.3 is 21.5 Å². The van der Waals surface area contributed by atoms with Gasteiger partial charge in [0.05, 0.1) is 18.7 Å². The zero-order chi connectivity index (χ0) is 12.8. The number of nitrogens with two attached hydrogens (primary N) is 2. The van der Waals surface area contributed by atoms with E-state index in [1.807, 2.05) is 0 Å². The largest absolute Gasteiger partial charge is 0.462 e. The number of anilines is 2. The molecule has 6 heteroatoms. The van der Waals surface area contributed by atoms with Crippen molar-refractivity contribution in [3.63, 3.8) is 0 Å². The molecule has 1 aromatic carbocycles. The average molecular weight is 237 g/mol. The summed E-state index contributed by atoms with van der Waals surface area (Å²) in [4.78, 5) is 22.1. The standard InChI is InChI=1S/C11H15N3O3/c1-2-17-11(16)8-5-7(3-4-9(8)12)14-6-10(13)15/h3-5,14H,2,6,12H2,1H3,(H2,13,15). The molecule has 0 fully saturated rings. The zero-order valence-electron chi connectivity index (χ0n) is 9.53. The molecule has 0 aliphatic carbocycles. The molecule has 17 heavy (non-hydrogen) atoms. The summed E-state index contributed by atoms with van der Waals surface area (Å²) in [7, 11) is 0. The lowest BCUT2D eigenvalue weighted by atomic mass is 10.1. The van der Waals surface area contributed by atoms with Crippen molar-refractivity contribution in [3.8, 4) is 0 Å². The highest BCUT2D eigenvalue weighted by molar-refractivity contribution is 5.96. The van der Waals surface area contributed by atoms with E-state index in [0.29, 0.717) is 11.4 Å². The van der Waals surface area contributed by atoms with Gasteiger partial charge in [0.15, 0.2) is 0 Å². The quantitative estimate of drug-likeness (QED) is 0.505. The molecule has 1 rings (SSSR count). The van der Waals surface area contributed by atoms with E-state index in [1.54, 1.807) is 19.1 Å². The van der Waals surface area contributed by atoms with Gasteiger partial charge in [0, 0.05) is 11.4 Å². The van der Waals surface area contributed by atoms with Crippen molar-refractivity contribution in [1.29, 1.82) is 0 Å². The molecule has 0 unspecified atom stereocenters. The molecule has 5 N–H and O–H groups in total. The Hall–Kier alpha value is -2.24. The lowest BCUT2D eigenvalue weighted by molar-refractivity contribution is -0.116. The summed E-state index contributed by atoms with van der Waals surface area (Å²) in [6.07, 6.45) is 0. The first-order chi connectivity index (χ1) is 8.04. The number of nitrogen functional groups attached to an aromatic ring is 1. The molecule has 0 aliphatic rings. The third-order valence-corrected chi connectivity index (χ3v) is 2.02. The molecule has 92 valence electrons. The number of nitrogens with one attached hydrogen (secondary N) is 1. The molecular weight excluding hydrogens is 222 g/mol. The average Bonchev–Trinajstić information content (AvgIpc) is 2.28. The molecule has 0 aliphatic heterocycles. The van der Waals surface area contributed by atoms with Crippen LogP contribution in [0.25, 0.3) is 0 Å². The van der Waals surface area contributed by atoms with E-state index in [9.17, 15) is 9.59 Å². The summed E-state index contributed by atoms with van der Waals surface area (Å²) in [6, 6.07) is 4.74. The minimum atomic E-state index is -0.493. The maximum atomic E-state index is 11.5. The Morgan fingerprint density at radius 2 is 2.12 bits per heavy atom. The Bertz CT molecular complexity index is 432. The van der Waals surface area contributed by atoms with Crippen molar-refractivity contribution in [2.24, 2.45) is 5.73 Å². The van der Waals surface area contributed by atoms with Crippen molar-refractivity contribution >= 4 is 23.3 Å². The Labute approximate surface area is 98.9 Å². The molecule has 0 saturated carbocycles. The van der Waals surface area contributed by atoms with E-state index < -0.39 is 11.9 Å².